The van der Waals surface area contributed by atoms with Crippen LogP contribution < -0.4 is 0 Å². The maximum Gasteiger partial charge on any atom is 0.164 e. The average Bonchev–Trinajstić information content (AvgIpc) is 3.47. The monoisotopic (exact) mass is 565 g/mol. The van der Waals surface area contributed by atoms with E-state index >= 15 is 0 Å². The molecular formula is C41H31N3. The van der Waals surface area contributed by atoms with E-state index in [2.05, 4.69) is 91.0 Å². The minimum atomic E-state index is 0. The molecule has 0 atom stereocenters. The highest BCUT2D eigenvalue weighted by Crippen LogP contribution is 2.40. The Bertz CT molecular complexity index is 2030. The summed E-state index contributed by atoms with van der Waals surface area (Å²) in [5.41, 5.74) is 12.9. The third-order valence-corrected chi connectivity index (χ3v) is 8.12. The van der Waals surface area contributed by atoms with Crippen molar-refractivity contribution in [3.05, 3.63) is 163 Å². The Morgan fingerprint density at radius 2 is 0.773 bits per heavy atom. The predicted molar refractivity (Wildman–Crippen MR) is 182 cm³/mol. The first-order valence-corrected chi connectivity index (χ1v) is 14.6. The molecule has 44 heavy (non-hydrogen) atoms. The van der Waals surface area contributed by atoms with E-state index in [1.54, 1.807) is 0 Å². The Balaban J connectivity index is 0.00000312. The van der Waals surface area contributed by atoms with Crippen LogP contribution in [0.25, 0.3) is 67.5 Å². The Kier molecular flexibility index (Phi) is 7.13. The van der Waals surface area contributed by atoms with E-state index in [0.29, 0.717) is 17.5 Å². The number of aromatic nitrogens is 3. The van der Waals surface area contributed by atoms with Crippen LogP contribution in [0.2, 0.25) is 0 Å². The molecule has 3 nitrogen and oxygen atoms in total. The van der Waals surface area contributed by atoms with E-state index in [0.717, 1.165) is 39.8 Å². The van der Waals surface area contributed by atoms with Crippen LogP contribution in [0, 0.1) is 0 Å². The van der Waals surface area contributed by atoms with Gasteiger partial charge in [-0.2, -0.15) is 0 Å². The Hall–Kier alpha value is -5.67. The maximum absolute atomic E-state index is 5.03. The molecule has 1 heterocycles. The molecule has 0 radical (unpaired) electrons. The molecular weight excluding hydrogens is 534 g/mol. The molecule has 8 rings (SSSR count). The van der Waals surface area contributed by atoms with Gasteiger partial charge in [-0.25, -0.2) is 15.0 Å². The van der Waals surface area contributed by atoms with Crippen LogP contribution in [-0.2, 0) is 6.42 Å². The molecule has 1 aliphatic rings. The minimum absolute atomic E-state index is 0. The van der Waals surface area contributed by atoms with E-state index in [1.165, 1.54) is 27.8 Å². The number of nitrogens with zero attached hydrogens (tertiary/aromatic N) is 3. The fourth-order valence-electron chi connectivity index (χ4n) is 5.98. The maximum atomic E-state index is 5.03. The topological polar surface area (TPSA) is 38.7 Å². The van der Waals surface area contributed by atoms with Crippen molar-refractivity contribution in [3.8, 4) is 67.5 Å². The van der Waals surface area contributed by atoms with Crippen molar-refractivity contribution < 1.29 is 0 Å². The van der Waals surface area contributed by atoms with Gasteiger partial charge in [0.15, 0.2) is 17.5 Å². The molecule has 0 amide bonds. The van der Waals surface area contributed by atoms with Crippen molar-refractivity contribution in [3.63, 3.8) is 0 Å². The number of rotatable bonds is 5. The first kappa shape index (κ1) is 27.2. The van der Waals surface area contributed by atoms with Crippen molar-refractivity contribution in [2.45, 2.75) is 13.8 Å². The molecule has 1 aromatic heterocycles. The van der Waals surface area contributed by atoms with Gasteiger partial charge in [-0.1, -0.05) is 141 Å². The molecule has 0 spiro atoms. The number of benzene rings is 6. The van der Waals surface area contributed by atoms with Crippen molar-refractivity contribution >= 4 is 0 Å². The van der Waals surface area contributed by atoms with Gasteiger partial charge in [0.05, 0.1) is 0 Å². The molecule has 1 aliphatic carbocycles. The van der Waals surface area contributed by atoms with Crippen LogP contribution >= 0.6 is 0 Å². The van der Waals surface area contributed by atoms with Crippen molar-refractivity contribution in [2.24, 2.45) is 0 Å². The van der Waals surface area contributed by atoms with E-state index < -0.39 is 0 Å². The first-order chi connectivity index (χ1) is 21.3. The van der Waals surface area contributed by atoms with Crippen LogP contribution in [0.5, 0.6) is 0 Å². The van der Waals surface area contributed by atoms with Gasteiger partial charge in [0.2, 0.25) is 0 Å². The quantitative estimate of drug-likeness (QED) is 0.208. The van der Waals surface area contributed by atoms with E-state index in [-0.39, 0.29) is 7.43 Å². The molecule has 0 aliphatic heterocycles. The van der Waals surface area contributed by atoms with Crippen LogP contribution in [0.3, 0.4) is 0 Å². The summed E-state index contributed by atoms with van der Waals surface area (Å²) in [6, 6.07) is 53.0. The average molecular weight is 566 g/mol. The number of hydrogen-bond acceptors (Lipinski definition) is 3. The van der Waals surface area contributed by atoms with Crippen molar-refractivity contribution in [1.29, 1.82) is 0 Å². The van der Waals surface area contributed by atoms with E-state index in [4.69, 9.17) is 15.0 Å². The lowest BCUT2D eigenvalue weighted by atomic mass is 9.94. The predicted octanol–water partition coefficient (Wildman–Crippen LogP) is 10.4. The second-order valence-corrected chi connectivity index (χ2v) is 10.9. The molecule has 0 saturated heterocycles. The molecule has 0 fully saturated rings. The molecule has 0 bridgehead atoms. The summed E-state index contributed by atoms with van der Waals surface area (Å²) in [5, 5.41) is 0. The van der Waals surface area contributed by atoms with Crippen molar-refractivity contribution in [2.75, 3.05) is 0 Å². The fourth-order valence-corrected chi connectivity index (χ4v) is 5.98. The lowest BCUT2D eigenvalue weighted by molar-refractivity contribution is 1.07. The van der Waals surface area contributed by atoms with Crippen molar-refractivity contribution in [1.82, 2.24) is 15.0 Å². The Morgan fingerprint density at radius 1 is 0.318 bits per heavy atom. The van der Waals surface area contributed by atoms with E-state index in [9.17, 15) is 0 Å². The van der Waals surface area contributed by atoms with Gasteiger partial charge in [-0.3, -0.25) is 0 Å². The number of hydrogen-bond donors (Lipinski definition) is 0. The molecule has 6 aromatic carbocycles. The highest BCUT2D eigenvalue weighted by atomic mass is 15.0. The van der Waals surface area contributed by atoms with E-state index in [1.807, 2.05) is 60.7 Å². The molecule has 0 N–H and O–H groups in total. The van der Waals surface area contributed by atoms with Crippen LogP contribution in [0.15, 0.2) is 152 Å². The normalized spacial score (nSPS) is 11.4. The highest BCUT2D eigenvalue weighted by Gasteiger charge is 2.19. The standard InChI is InChI=1S/C40H27N3.CH4/c1-4-12-27(13-5-1)32-24-33(30-20-21-37-34(22-30)23-31-18-10-11-19-36(31)37)26-35(25-32)40-42-38(28-14-6-2-7-15-28)41-39(43-40)29-16-8-3-9-17-29;/h1-22,24-26H,23H2;1H4. The summed E-state index contributed by atoms with van der Waals surface area (Å²) in [6.07, 6.45) is 0.957. The summed E-state index contributed by atoms with van der Waals surface area (Å²) >= 11 is 0. The third kappa shape index (κ3) is 5.10. The summed E-state index contributed by atoms with van der Waals surface area (Å²) < 4.78 is 0. The van der Waals surface area contributed by atoms with Gasteiger partial charge in [0.1, 0.15) is 0 Å². The van der Waals surface area contributed by atoms with Gasteiger partial charge in [-0.15, -0.1) is 0 Å². The zero-order valence-electron chi connectivity index (χ0n) is 23.5. The summed E-state index contributed by atoms with van der Waals surface area (Å²) in [5.74, 6) is 1.97. The second-order valence-electron chi connectivity index (χ2n) is 10.9. The summed E-state index contributed by atoms with van der Waals surface area (Å²) in [7, 11) is 0. The fraction of sp³-hybridized carbons (Fsp3) is 0.0488. The lowest BCUT2D eigenvalue weighted by Gasteiger charge is -2.13. The Labute approximate surface area is 258 Å². The lowest BCUT2D eigenvalue weighted by Crippen LogP contribution is -2.00. The molecule has 0 unspecified atom stereocenters. The zero-order valence-corrected chi connectivity index (χ0v) is 23.5. The van der Waals surface area contributed by atoms with Gasteiger partial charge >= 0.3 is 0 Å². The smallest absolute Gasteiger partial charge is 0.164 e. The van der Waals surface area contributed by atoms with Gasteiger partial charge in [0.25, 0.3) is 0 Å². The molecule has 3 heteroatoms. The SMILES string of the molecule is C.c1ccc(-c2cc(-c3ccc4c(c3)Cc3ccccc3-4)cc(-c3nc(-c4ccccc4)nc(-c4ccccc4)n3)c2)cc1. The minimum Gasteiger partial charge on any atom is -0.208 e. The Morgan fingerprint density at radius 3 is 1.39 bits per heavy atom. The molecule has 0 saturated carbocycles. The van der Waals surface area contributed by atoms with Gasteiger partial charge in [0, 0.05) is 16.7 Å². The second kappa shape index (κ2) is 11.5. The molecule has 210 valence electrons. The molecule has 7 aromatic rings. The largest absolute Gasteiger partial charge is 0.208 e. The van der Waals surface area contributed by atoms with Crippen LogP contribution in [0.4, 0.5) is 0 Å². The summed E-state index contributed by atoms with van der Waals surface area (Å²) in [4.78, 5) is 15.0. The third-order valence-electron chi connectivity index (χ3n) is 8.12. The first-order valence-electron chi connectivity index (χ1n) is 14.6. The zero-order chi connectivity index (χ0) is 28.6. The van der Waals surface area contributed by atoms with Crippen LogP contribution in [0.1, 0.15) is 18.6 Å². The number of fused-ring (bicyclic) bond motifs is 3. The summed E-state index contributed by atoms with van der Waals surface area (Å²) in [6.45, 7) is 0. The highest BCUT2D eigenvalue weighted by molar-refractivity contribution is 5.84. The van der Waals surface area contributed by atoms with Gasteiger partial charge < -0.3 is 0 Å². The van der Waals surface area contributed by atoms with Crippen LogP contribution in [-0.4, -0.2) is 15.0 Å². The van der Waals surface area contributed by atoms with Gasteiger partial charge in [-0.05, 0) is 69.1 Å².